The van der Waals surface area contributed by atoms with Gasteiger partial charge in [-0.15, -0.1) is 0 Å². The molecule has 1 heterocycles. The first-order valence-corrected chi connectivity index (χ1v) is 9.11. The summed E-state index contributed by atoms with van der Waals surface area (Å²) < 4.78 is 50.3. The number of nitrogens with one attached hydrogen (secondary N) is 1. The largest absolute Gasteiger partial charge is 0.313 e. The van der Waals surface area contributed by atoms with E-state index in [0.717, 1.165) is 25.1 Å². The quantitative estimate of drug-likeness (QED) is 0.876. The summed E-state index contributed by atoms with van der Waals surface area (Å²) in [5.74, 6) is -0.636. The van der Waals surface area contributed by atoms with Crippen LogP contribution in [-0.2, 0) is 16.3 Å². The van der Waals surface area contributed by atoms with Crippen molar-refractivity contribution in [1.29, 1.82) is 0 Å². The van der Waals surface area contributed by atoms with Crippen molar-refractivity contribution in [3.63, 3.8) is 0 Å². The molecular weight excluding hydrogens is 296 g/mol. The van der Waals surface area contributed by atoms with Crippen molar-refractivity contribution in [3.05, 3.63) is 35.4 Å². The fraction of sp³-hybridized carbons (Fsp3) is 0.600. The SMILES string of the molecule is CCCNC(Cc1cc(F)ccc1F)C1CCS(=O)(=O)C1. The van der Waals surface area contributed by atoms with Crippen molar-refractivity contribution in [3.8, 4) is 0 Å². The van der Waals surface area contributed by atoms with E-state index in [4.69, 9.17) is 0 Å². The standard InChI is InChI=1S/C15H21F2NO2S/c1-2-6-18-15(11-5-7-21(19,20)10-11)9-12-8-13(16)3-4-14(12)17/h3-4,8,11,15,18H,2,5-7,9-10H2,1H3. The Bertz CT molecular complexity index is 589. The average molecular weight is 317 g/mol. The first-order chi connectivity index (χ1) is 9.91. The molecule has 1 aromatic rings. The van der Waals surface area contributed by atoms with Crippen LogP contribution in [0.4, 0.5) is 8.78 Å². The highest BCUT2D eigenvalue weighted by Gasteiger charge is 2.33. The molecule has 0 radical (unpaired) electrons. The van der Waals surface area contributed by atoms with Gasteiger partial charge in [0.2, 0.25) is 0 Å². The summed E-state index contributed by atoms with van der Waals surface area (Å²) in [5.41, 5.74) is 0.299. The lowest BCUT2D eigenvalue weighted by Gasteiger charge is -2.24. The maximum Gasteiger partial charge on any atom is 0.150 e. The lowest BCUT2D eigenvalue weighted by molar-refractivity contribution is 0.374. The molecule has 0 saturated carbocycles. The topological polar surface area (TPSA) is 46.2 Å². The molecule has 3 nitrogen and oxygen atoms in total. The van der Waals surface area contributed by atoms with E-state index in [1.165, 1.54) is 6.07 Å². The van der Waals surface area contributed by atoms with E-state index in [1.807, 2.05) is 6.92 Å². The summed E-state index contributed by atoms with van der Waals surface area (Å²) in [4.78, 5) is 0. The van der Waals surface area contributed by atoms with Gasteiger partial charge in [0.1, 0.15) is 11.6 Å². The van der Waals surface area contributed by atoms with Gasteiger partial charge in [-0.2, -0.15) is 0 Å². The molecule has 0 spiro atoms. The van der Waals surface area contributed by atoms with Gasteiger partial charge in [-0.1, -0.05) is 6.92 Å². The third-order valence-electron chi connectivity index (χ3n) is 3.94. The summed E-state index contributed by atoms with van der Waals surface area (Å²) in [5, 5.41) is 3.29. The first kappa shape index (κ1) is 16.4. The van der Waals surface area contributed by atoms with Gasteiger partial charge in [0.05, 0.1) is 11.5 Å². The molecule has 2 unspecified atom stereocenters. The summed E-state index contributed by atoms with van der Waals surface area (Å²) >= 11 is 0. The zero-order chi connectivity index (χ0) is 15.5. The maximum atomic E-state index is 13.8. The van der Waals surface area contributed by atoms with Gasteiger partial charge in [0, 0.05) is 6.04 Å². The van der Waals surface area contributed by atoms with Crippen molar-refractivity contribution >= 4 is 9.84 Å². The van der Waals surface area contributed by atoms with Crippen LogP contribution in [0.2, 0.25) is 0 Å². The Hall–Kier alpha value is -1.01. The number of hydrogen-bond donors (Lipinski definition) is 1. The maximum absolute atomic E-state index is 13.8. The highest BCUT2D eigenvalue weighted by atomic mass is 32.2. The number of sulfone groups is 1. The minimum Gasteiger partial charge on any atom is -0.313 e. The fourth-order valence-corrected chi connectivity index (χ4v) is 4.69. The van der Waals surface area contributed by atoms with Crippen molar-refractivity contribution in [2.75, 3.05) is 18.1 Å². The third kappa shape index (κ3) is 4.48. The molecule has 2 rings (SSSR count). The highest BCUT2D eigenvalue weighted by Crippen LogP contribution is 2.25. The summed E-state index contributed by atoms with van der Waals surface area (Å²) in [7, 11) is -2.98. The number of hydrogen-bond acceptors (Lipinski definition) is 3. The Morgan fingerprint density at radius 1 is 1.38 bits per heavy atom. The molecule has 1 aliphatic rings. The summed E-state index contributed by atoms with van der Waals surface area (Å²) in [6.07, 6.45) is 1.80. The zero-order valence-electron chi connectivity index (χ0n) is 12.1. The molecule has 2 atom stereocenters. The van der Waals surface area contributed by atoms with Gasteiger partial charge in [-0.05, 0) is 55.5 Å². The molecular formula is C15H21F2NO2S. The first-order valence-electron chi connectivity index (χ1n) is 7.29. The molecule has 0 bridgehead atoms. The van der Waals surface area contributed by atoms with Gasteiger partial charge < -0.3 is 5.32 Å². The van der Waals surface area contributed by atoms with Crippen molar-refractivity contribution in [1.82, 2.24) is 5.32 Å². The van der Waals surface area contributed by atoms with Gasteiger partial charge in [0.25, 0.3) is 0 Å². The van der Waals surface area contributed by atoms with Crippen LogP contribution in [0.3, 0.4) is 0 Å². The van der Waals surface area contributed by atoms with Crippen molar-refractivity contribution in [2.45, 2.75) is 32.2 Å². The second-order valence-corrected chi connectivity index (χ2v) is 7.89. The van der Waals surface area contributed by atoms with Crippen LogP contribution in [0.15, 0.2) is 18.2 Å². The Morgan fingerprint density at radius 3 is 2.76 bits per heavy atom. The van der Waals surface area contributed by atoms with Gasteiger partial charge in [0.15, 0.2) is 9.84 Å². The molecule has 21 heavy (non-hydrogen) atoms. The van der Waals surface area contributed by atoms with E-state index >= 15 is 0 Å². The van der Waals surface area contributed by atoms with Crippen LogP contribution < -0.4 is 5.32 Å². The van der Waals surface area contributed by atoms with Crippen molar-refractivity contribution in [2.24, 2.45) is 5.92 Å². The predicted molar refractivity (Wildman–Crippen MR) is 78.9 cm³/mol. The van der Waals surface area contributed by atoms with Gasteiger partial charge in [-0.25, -0.2) is 17.2 Å². The Morgan fingerprint density at radius 2 is 2.14 bits per heavy atom. The minimum absolute atomic E-state index is 0.0378. The number of rotatable bonds is 6. The molecule has 0 amide bonds. The molecule has 1 fully saturated rings. The van der Waals surface area contributed by atoms with E-state index in [1.54, 1.807) is 0 Å². The van der Waals surface area contributed by atoms with E-state index in [9.17, 15) is 17.2 Å². The molecule has 0 aliphatic carbocycles. The molecule has 1 saturated heterocycles. The minimum atomic E-state index is -2.98. The molecule has 118 valence electrons. The zero-order valence-corrected chi connectivity index (χ0v) is 12.9. The summed E-state index contributed by atoms with van der Waals surface area (Å²) in [6.45, 7) is 2.75. The number of benzene rings is 1. The average Bonchev–Trinajstić information content (AvgIpc) is 2.78. The van der Waals surface area contributed by atoms with Gasteiger partial charge in [-0.3, -0.25) is 0 Å². The molecule has 0 aromatic heterocycles. The summed E-state index contributed by atoms with van der Waals surface area (Å²) in [6, 6.07) is 3.26. The Labute approximate surface area is 124 Å². The van der Waals surface area contributed by atoms with E-state index in [2.05, 4.69) is 5.32 Å². The normalized spacial score (nSPS) is 22.3. The van der Waals surface area contributed by atoms with E-state index in [0.29, 0.717) is 18.4 Å². The van der Waals surface area contributed by atoms with E-state index < -0.39 is 21.5 Å². The highest BCUT2D eigenvalue weighted by molar-refractivity contribution is 7.91. The van der Waals surface area contributed by atoms with Crippen LogP contribution in [0.1, 0.15) is 25.3 Å². The second kappa shape index (κ2) is 6.83. The van der Waals surface area contributed by atoms with Crippen molar-refractivity contribution < 1.29 is 17.2 Å². The number of halogens is 2. The molecule has 1 aromatic carbocycles. The van der Waals surface area contributed by atoms with Crippen LogP contribution in [0.25, 0.3) is 0 Å². The molecule has 1 aliphatic heterocycles. The van der Waals surface area contributed by atoms with Crippen LogP contribution in [0, 0.1) is 17.6 Å². The predicted octanol–water partition coefficient (Wildman–Crippen LogP) is 2.31. The van der Waals surface area contributed by atoms with Crippen LogP contribution >= 0.6 is 0 Å². The van der Waals surface area contributed by atoms with E-state index in [-0.39, 0.29) is 23.5 Å². The van der Waals surface area contributed by atoms with Crippen LogP contribution in [-0.4, -0.2) is 32.5 Å². The Kier molecular flexibility index (Phi) is 5.32. The lowest BCUT2D eigenvalue weighted by Crippen LogP contribution is -2.39. The fourth-order valence-electron chi connectivity index (χ4n) is 2.81. The molecule has 1 N–H and O–H groups in total. The third-order valence-corrected chi connectivity index (χ3v) is 5.73. The van der Waals surface area contributed by atoms with Gasteiger partial charge >= 0.3 is 0 Å². The Balaban J connectivity index is 2.14. The second-order valence-electron chi connectivity index (χ2n) is 5.66. The smallest absolute Gasteiger partial charge is 0.150 e. The monoisotopic (exact) mass is 317 g/mol. The lowest BCUT2D eigenvalue weighted by atomic mass is 9.92. The van der Waals surface area contributed by atoms with Crippen LogP contribution in [0.5, 0.6) is 0 Å². The molecule has 6 heteroatoms.